The highest BCUT2D eigenvalue weighted by Gasteiger charge is 2.31. The Morgan fingerprint density at radius 3 is 2.33 bits per heavy atom. The first-order valence-corrected chi connectivity index (χ1v) is 7.57. The second kappa shape index (κ2) is 9.52. The highest BCUT2D eigenvalue weighted by Crippen LogP contribution is 2.35. The standard InChI is InChI=1S/C16H31FO/c1-5-10-15(6-2)13-16(4,14(3)18)11-8-7-9-12-17/h15H,5-13H2,1-4H3. The number of Topliss-reactive ketones (excluding diaryl/α,β-unsaturated/α-hetero) is 1. The molecule has 1 nitrogen and oxygen atoms in total. The molecule has 0 aromatic carbocycles. The first-order valence-electron chi connectivity index (χ1n) is 7.57. The van der Waals surface area contributed by atoms with Gasteiger partial charge >= 0.3 is 0 Å². The van der Waals surface area contributed by atoms with Gasteiger partial charge in [0.1, 0.15) is 5.78 Å². The van der Waals surface area contributed by atoms with Crippen LogP contribution in [0.3, 0.4) is 0 Å². The summed E-state index contributed by atoms with van der Waals surface area (Å²) in [6.07, 6.45) is 8.00. The van der Waals surface area contributed by atoms with E-state index in [1.54, 1.807) is 6.92 Å². The molecule has 0 aliphatic heterocycles. The minimum absolute atomic E-state index is 0.188. The second-order valence-corrected chi connectivity index (χ2v) is 5.88. The molecular weight excluding hydrogens is 227 g/mol. The lowest BCUT2D eigenvalue weighted by Crippen LogP contribution is -2.28. The highest BCUT2D eigenvalue weighted by atomic mass is 19.1. The highest BCUT2D eigenvalue weighted by molar-refractivity contribution is 5.81. The van der Waals surface area contributed by atoms with Gasteiger partial charge in [0.05, 0.1) is 6.67 Å². The summed E-state index contributed by atoms with van der Waals surface area (Å²) in [5.41, 5.74) is -0.188. The van der Waals surface area contributed by atoms with E-state index in [4.69, 9.17) is 0 Å². The Bertz CT molecular complexity index is 227. The van der Waals surface area contributed by atoms with Gasteiger partial charge < -0.3 is 0 Å². The van der Waals surface area contributed by atoms with E-state index >= 15 is 0 Å². The van der Waals surface area contributed by atoms with Crippen LogP contribution in [-0.4, -0.2) is 12.5 Å². The van der Waals surface area contributed by atoms with Crippen molar-refractivity contribution in [1.82, 2.24) is 0 Å². The number of hydrogen-bond acceptors (Lipinski definition) is 1. The Hall–Kier alpha value is -0.400. The first-order chi connectivity index (χ1) is 8.50. The molecule has 2 heteroatoms. The van der Waals surface area contributed by atoms with Crippen molar-refractivity contribution in [3.63, 3.8) is 0 Å². The normalized spacial score (nSPS) is 16.3. The lowest BCUT2D eigenvalue weighted by atomic mass is 9.73. The lowest BCUT2D eigenvalue weighted by Gasteiger charge is -2.31. The van der Waals surface area contributed by atoms with Crippen molar-refractivity contribution in [2.45, 2.75) is 79.1 Å². The van der Waals surface area contributed by atoms with Crippen molar-refractivity contribution in [3.05, 3.63) is 0 Å². The minimum atomic E-state index is -0.232. The van der Waals surface area contributed by atoms with Crippen LogP contribution in [0, 0.1) is 11.3 Å². The van der Waals surface area contributed by atoms with Crippen LogP contribution in [0.2, 0.25) is 0 Å². The van der Waals surface area contributed by atoms with E-state index in [0.29, 0.717) is 18.1 Å². The van der Waals surface area contributed by atoms with Gasteiger partial charge in [-0.25, -0.2) is 0 Å². The topological polar surface area (TPSA) is 17.1 Å². The maximum absolute atomic E-state index is 12.1. The van der Waals surface area contributed by atoms with Crippen LogP contribution in [0.1, 0.15) is 79.1 Å². The monoisotopic (exact) mass is 258 g/mol. The zero-order valence-electron chi connectivity index (χ0n) is 12.7. The zero-order valence-corrected chi connectivity index (χ0v) is 12.7. The lowest BCUT2D eigenvalue weighted by molar-refractivity contribution is -0.127. The number of carbonyl (C=O) groups excluding carboxylic acids is 1. The fourth-order valence-electron chi connectivity index (χ4n) is 2.70. The summed E-state index contributed by atoms with van der Waals surface area (Å²) < 4.78 is 12.1. The van der Waals surface area contributed by atoms with Crippen LogP contribution in [-0.2, 0) is 4.79 Å². The maximum atomic E-state index is 12.1. The van der Waals surface area contributed by atoms with E-state index in [2.05, 4.69) is 20.8 Å². The van der Waals surface area contributed by atoms with Gasteiger partial charge in [-0.3, -0.25) is 9.18 Å². The fraction of sp³-hybridized carbons (Fsp3) is 0.938. The molecule has 0 aromatic heterocycles. The van der Waals surface area contributed by atoms with Crippen molar-refractivity contribution < 1.29 is 9.18 Å². The fourth-order valence-corrected chi connectivity index (χ4v) is 2.70. The smallest absolute Gasteiger partial charge is 0.135 e. The first kappa shape index (κ1) is 17.6. The molecule has 108 valence electrons. The summed E-state index contributed by atoms with van der Waals surface area (Å²) >= 11 is 0. The van der Waals surface area contributed by atoms with Gasteiger partial charge in [-0.15, -0.1) is 0 Å². The van der Waals surface area contributed by atoms with Gasteiger partial charge in [0.2, 0.25) is 0 Å². The largest absolute Gasteiger partial charge is 0.299 e. The molecule has 0 heterocycles. The minimum Gasteiger partial charge on any atom is -0.299 e. The third-order valence-electron chi connectivity index (χ3n) is 4.23. The van der Waals surface area contributed by atoms with Crippen molar-refractivity contribution in [1.29, 1.82) is 0 Å². The number of alkyl halides is 1. The average Bonchev–Trinajstić information content (AvgIpc) is 2.34. The third-order valence-corrected chi connectivity index (χ3v) is 4.23. The summed E-state index contributed by atoms with van der Waals surface area (Å²) in [6, 6.07) is 0. The van der Waals surface area contributed by atoms with Crippen LogP contribution in [0.15, 0.2) is 0 Å². The number of hydrogen-bond donors (Lipinski definition) is 0. The Balaban J connectivity index is 4.36. The van der Waals surface area contributed by atoms with Crippen molar-refractivity contribution in [2.75, 3.05) is 6.67 Å². The number of rotatable bonds is 11. The molecule has 0 amide bonds. The molecular formula is C16H31FO. The van der Waals surface area contributed by atoms with Crippen molar-refractivity contribution >= 4 is 5.78 Å². The van der Waals surface area contributed by atoms with Gasteiger partial charge in [0.15, 0.2) is 0 Å². The van der Waals surface area contributed by atoms with E-state index < -0.39 is 0 Å². The summed E-state index contributed by atoms with van der Waals surface area (Å²) in [6.45, 7) is 8.00. The Morgan fingerprint density at radius 2 is 1.89 bits per heavy atom. The molecule has 0 aliphatic rings. The van der Waals surface area contributed by atoms with Crippen molar-refractivity contribution in [3.8, 4) is 0 Å². The van der Waals surface area contributed by atoms with E-state index in [0.717, 1.165) is 32.1 Å². The molecule has 0 aromatic rings. The molecule has 0 saturated heterocycles. The Morgan fingerprint density at radius 1 is 1.22 bits per heavy atom. The van der Waals surface area contributed by atoms with E-state index in [9.17, 15) is 9.18 Å². The van der Waals surface area contributed by atoms with Crippen molar-refractivity contribution in [2.24, 2.45) is 11.3 Å². The summed E-state index contributed by atoms with van der Waals surface area (Å²) in [5.74, 6) is 0.961. The molecule has 0 N–H and O–H groups in total. The molecule has 2 atom stereocenters. The van der Waals surface area contributed by atoms with Crippen LogP contribution in [0.5, 0.6) is 0 Å². The predicted octanol–water partition coefficient (Wildman–Crippen LogP) is 5.33. The van der Waals surface area contributed by atoms with Crippen LogP contribution < -0.4 is 0 Å². The molecule has 2 unspecified atom stereocenters. The quantitative estimate of drug-likeness (QED) is 0.458. The molecule has 0 saturated carbocycles. The number of ketones is 1. The van der Waals surface area contributed by atoms with Gasteiger partial charge in [0, 0.05) is 5.41 Å². The molecule has 18 heavy (non-hydrogen) atoms. The third kappa shape index (κ3) is 6.51. The second-order valence-electron chi connectivity index (χ2n) is 5.88. The van der Waals surface area contributed by atoms with E-state index in [1.807, 2.05) is 0 Å². The molecule has 0 aliphatic carbocycles. The average molecular weight is 258 g/mol. The molecule has 0 radical (unpaired) electrons. The van der Waals surface area contributed by atoms with Crippen LogP contribution >= 0.6 is 0 Å². The van der Waals surface area contributed by atoms with E-state index in [-0.39, 0.29) is 12.1 Å². The van der Waals surface area contributed by atoms with Gasteiger partial charge in [0.25, 0.3) is 0 Å². The summed E-state index contributed by atoms with van der Waals surface area (Å²) in [5, 5.41) is 0. The SMILES string of the molecule is CCCC(CC)CC(C)(CCCCCF)C(C)=O. The maximum Gasteiger partial charge on any atom is 0.135 e. The van der Waals surface area contributed by atoms with E-state index in [1.165, 1.54) is 12.8 Å². The molecule has 0 bridgehead atoms. The Kier molecular flexibility index (Phi) is 9.31. The molecule has 0 fully saturated rings. The molecule has 0 rings (SSSR count). The van der Waals surface area contributed by atoms with Gasteiger partial charge in [-0.05, 0) is 32.1 Å². The summed E-state index contributed by atoms with van der Waals surface area (Å²) in [7, 11) is 0. The Labute approximate surface area is 113 Å². The number of halogens is 1. The van der Waals surface area contributed by atoms with Crippen LogP contribution in [0.25, 0.3) is 0 Å². The number of carbonyl (C=O) groups is 1. The van der Waals surface area contributed by atoms with Gasteiger partial charge in [-0.1, -0.05) is 52.9 Å². The van der Waals surface area contributed by atoms with Gasteiger partial charge in [-0.2, -0.15) is 0 Å². The summed E-state index contributed by atoms with van der Waals surface area (Å²) in [4.78, 5) is 11.9. The predicted molar refractivity (Wildman–Crippen MR) is 76.5 cm³/mol. The molecule has 0 spiro atoms. The zero-order chi connectivity index (χ0) is 14.0. The van der Waals surface area contributed by atoms with Crippen LogP contribution in [0.4, 0.5) is 4.39 Å². The number of unbranched alkanes of at least 4 members (excludes halogenated alkanes) is 2.